The number of esters is 1. The number of hydrogen-bond acceptors (Lipinski definition) is 4. The fourth-order valence-electron chi connectivity index (χ4n) is 3.80. The molecule has 164 valence electrons. The number of hydrogen-bond donors (Lipinski definition) is 2. The second kappa shape index (κ2) is 9.66. The maximum absolute atomic E-state index is 15.0. The molecule has 0 aliphatic carbocycles. The zero-order valence-electron chi connectivity index (χ0n) is 17.9. The van der Waals surface area contributed by atoms with Crippen molar-refractivity contribution < 1.29 is 18.7 Å². The van der Waals surface area contributed by atoms with Gasteiger partial charge < -0.3 is 20.2 Å². The van der Waals surface area contributed by atoms with E-state index >= 15 is 4.39 Å². The molecule has 6 heteroatoms. The summed E-state index contributed by atoms with van der Waals surface area (Å²) >= 11 is 0. The van der Waals surface area contributed by atoms with Gasteiger partial charge in [0.25, 0.3) is 0 Å². The van der Waals surface area contributed by atoms with Crippen LogP contribution in [-0.4, -0.2) is 17.6 Å². The predicted molar refractivity (Wildman–Crippen MR) is 123 cm³/mol. The van der Waals surface area contributed by atoms with Crippen LogP contribution in [0.1, 0.15) is 23.6 Å². The SMILES string of the molecule is CCOC(=O)Cc1ccccc1OCc1cc(-c2cccc(CN)c2F)c2cc[nH]c2c1. The van der Waals surface area contributed by atoms with E-state index in [9.17, 15) is 4.79 Å². The predicted octanol–water partition coefficient (Wildman–Crippen LogP) is 5.12. The van der Waals surface area contributed by atoms with Crippen LogP contribution in [0.15, 0.2) is 66.9 Å². The first-order chi connectivity index (χ1) is 15.6. The highest BCUT2D eigenvalue weighted by Gasteiger charge is 2.15. The van der Waals surface area contributed by atoms with Gasteiger partial charge in [-0.05, 0) is 42.3 Å². The summed E-state index contributed by atoms with van der Waals surface area (Å²) in [5.41, 5.74) is 9.97. The van der Waals surface area contributed by atoms with Gasteiger partial charge in [0.1, 0.15) is 18.2 Å². The lowest BCUT2D eigenvalue weighted by Gasteiger charge is -2.14. The van der Waals surface area contributed by atoms with E-state index in [-0.39, 0.29) is 31.4 Å². The quantitative estimate of drug-likeness (QED) is 0.379. The molecule has 0 bridgehead atoms. The van der Waals surface area contributed by atoms with Gasteiger partial charge in [-0.15, -0.1) is 0 Å². The highest BCUT2D eigenvalue weighted by Crippen LogP contribution is 2.33. The highest BCUT2D eigenvalue weighted by molar-refractivity contribution is 5.96. The standard InChI is InChI=1S/C26H25FN2O3/c1-2-31-25(30)14-18-6-3-4-9-24(18)32-16-17-12-22(20-10-11-29-23(20)13-17)21-8-5-7-19(15-28)26(21)27/h3-13,29H,2,14-16,28H2,1H3. The maximum Gasteiger partial charge on any atom is 0.310 e. The van der Waals surface area contributed by atoms with Crippen molar-refractivity contribution in [1.82, 2.24) is 4.98 Å². The fraction of sp³-hybridized carbons (Fsp3) is 0.192. The second-order valence-corrected chi connectivity index (χ2v) is 7.44. The number of rotatable bonds is 8. The monoisotopic (exact) mass is 432 g/mol. The van der Waals surface area contributed by atoms with E-state index in [0.717, 1.165) is 27.6 Å². The number of nitrogens with one attached hydrogen (secondary N) is 1. The minimum absolute atomic E-state index is 0.135. The van der Waals surface area contributed by atoms with E-state index in [0.29, 0.717) is 23.5 Å². The molecule has 5 nitrogen and oxygen atoms in total. The number of halogens is 1. The Morgan fingerprint density at radius 2 is 1.84 bits per heavy atom. The Balaban J connectivity index is 1.65. The Morgan fingerprint density at radius 3 is 2.66 bits per heavy atom. The summed E-state index contributed by atoms with van der Waals surface area (Å²) in [7, 11) is 0. The van der Waals surface area contributed by atoms with Gasteiger partial charge in [-0.3, -0.25) is 4.79 Å². The molecular weight excluding hydrogens is 407 g/mol. The molecule has 0 radical (unpaired) electrons. The molecule has 0 aliphatic heterocycles. The molecule has 0 atom stereocenters. The summed E-state index contributed by atoms with van der Waals surface area (Å²) in [6.07, 6.45) is 1.97. The molecular formula is C26H25FN2O3. The van der Waals surface area contributed by atoms with Crippen molar-refractivity contribution in [3.05, 3.63) is 89.4 Å². The Bertz CT molecular complexity index is 1250. The van der Waals surface area contributed by atoms with Crippen LogP contribution in [-0.2, 0) is 29.1 Å². The molecule has 3 aromatic carbocycles. The van der Waals surface area contributed by atoms with Crippen molar-refractivity contribution in [2.75, 3.05) is 6.61 Å². The molecule has 0 amide bonds. The van der Waals surface area contributed by atoms with Crippen LogP contribution >= 0.6 is 0 Å². The van der Waals surface area contributed by atoms with Crippen LogP contribution in [0.2, 0.25) is 0 Å². The topological polar surface area (TPSA) is 77.3 Å². The molecule has 0 spiro atoms. The first-order valence-electron chi connectivity index (χ1n) is 10.5. The zero-order chi connectivity index (χ0) is 22.5. The Hall–Kier alpha value is -3.64. The van der Waals surface area contributed by atoms with Crippen LogP contribution in [0.4, 0.5) is 4.39 Å². The van der Waals surface area contributed by atoms with E-state index in [1.165, 1.54) is 0 Å². The molecule has 0 saturated heterocycles. The zero-order valence-corrected chi connectivity index (χ0v) is 17.9. The Morgan fingerprint density at radius 1 is 1.03 bits per heavy atom. The molecule has 0 aliphatic rings. The van der Waals surface area contributed by atoms with Crippen LogP contribution < -0.4 is 10.5 Å². The van der Waals surface area contributed by atoms with E-state index in [2.05, 4.69) is 4.98 Å². The average molecular weight is 432 g/mol. The summed E-state index contributed by atoms with van der Waals surface area (Å²) in [5, 5.41) is 0.921. The third-order valence-electron chi connectivity index (χ3n) is 5.32. The second-order valence-electron chi connectivity index (χ2n) is 7.44. The van der Waals surface area contributed by atoms with Crippen molar-refractivity contribution in [2.45, 2.75) is 26.5 Å². The summed E-state index contributed by atoms with van der Waals surface area (Å²) in [5.74, 6) is 0.00856. The van der Waals surface area contributed by atoms with Gasteiger partial charge in [0.15, 0.2) is 0 Å². The maximum atomic E-state index is 15.0. The number of benzene rings is 3. The van der Waals surface area contributed by atoms with Crippen LogP contribution in [0.25, 0.3) is 22.0 Å². The van der Waals surface area contributed by atoms with Gasteiger partial charge in [-0.2, -0.15) is 0 Å². The van der Waals surface area contributed by atoms with E-state index < -0.39 is 0 Å². The molecule has 0 saturated carbocycles. The van der Waals surface area contributed by atoms with Gasteiger partial charge in [-0.25, -0.2) is 4.39 Å². The summed E-state index contributed by atoms with van der Waals surface area (Å²) in [6, 6.07) is 18.5. The lowest BCUT2D eigenvalue weighted by atomic mass is 9.97. The number of aromatic nitrogens is 1. The summed E-state index contributed by atoms with van der Waals surface area (Å²) in [6.45, 7) is 2.51. The molecule has 0 fully saturated rings. The molecule has 1 aromatic heterocycles. The third-order valence-corrected chi connectivity index (χ3v) is 5.32. The number of nitrogens with two attached hydrogens (primary N) is 1. The lowest BCUT2D eigenvalue weighted by molar-refractivity contribution is -0.142. The van der Waals surface area contributed by atoms with E-state index in [4.69, 9.17) is 15.2 Å². The summed E-state index contributed by atoms with van der Waals surface area (Å²) in [4.78, 5) is 15.1. The number of aromatic amines is 1. The number of ether oxygens (including phenoxy) is 2. The molecule has 4 aromatic rings. The highest BCUT2D eigenvalue weighted by atomic mass is 19.1. The van der Waals surface area contributed by atoms with Crippen molar-refractivity contribution >= 4 is 16.9 Å². The van der Waals surface area contributed by atoms with Crippen LogP contribution in [0.3, 0.4) is 0 Å². The lowest BCUT2D eigenvalue weighted by Crippen LogP contribution is -2.09. The Labute approximate surface area is 186 Å². The number of H-pyrrole nitrogens is 1. The van der Waals surface area contributed by atoms with Crippen LogP contribution in [0, 0.1) is 5.82 Å². The van der Waals surface area contributed by atoms with E-state index in [1.54, 1.807) is 19.1 Å². The van der Waals surface area contributed by atoms with Gasteiger partial charge in [0.05, 0.1) is 13.0 Å². The van der Waals surface area contributed by atoms with Crippen molar-refractivity contribution in [3.8, 4) is 16.9 Å². The number of carbonyl (C=O) groups is 1. The largest absolute Gasteiger partial charge is 0.489 e. The van der Waals surface area contributed by atoms with E-state index in [1.807, 2.05) is 54.7 Å². The van der Waals surface area contributed by atoms with Gasteiger partial charge in [0, 0.05) is 40.3 Å². The van der Waals surface area contributed by atoms with Gasteiger partial charge in [0.2, 0.25) is 0 Å². The molecule has 1 heterocycles. The van der Waals surface area contributed by atoms with Gasteiger partial charge >= 0.3 is 5.97 Å². The average Bonchev–Trinajstić information content (AvgIpc) is 3.27. The Kier molecular flexibility index (Phi) is 6.52. The number of fused-ring (bicyclic) bond motifs is 1. The molecule has 32 heavy (non-hydrogen) atoms. The normalized spacial score (nSPS) is 11.0. The summed E-state index contributed by atoms with van der Waals surface area (Å²) < 4.78 is 26.2. The van der Waals surface area contributed by atoms with Crippen molar-refractivity contribution in [2.24, 2.45) is 5.73 Å². The number of carbonyl (C=O) groups excluding carboxylic acids is 1. The minimum atomic E-state index is -0.310. The molecule has 3 N–H and O–H groups in total. The minimum Gasteiger partial charge on any atom is -0.489 e. The van der Waals surface area contributed by atoms with Crippen LogP contribution in [0.5, 0.6) is 5.75 Å². The van der Waals surface area contributed by atoms with Gasteiger partial charge in [-0.1, -0.05) is 36.4 Å². The molecule has 4 rings (SSSR count). The third kappa shape index (κ3) is 4.50. The fourth-order valence-corrected chi connectivity index (χ4v) is 3.80. The first kappa shape index (κ1) is 21.6. The smallest absolute Gasteiger partial charge is 0.310 e. The van der Waals surface area contributed by atoms with Crippen molar-refractivity contribution in [3.63, 3.8) is 0 Å². The van der Waals surface area contributed by atoms with Crippen molar-refractivity contribution in [1.29, 1.82) is 0 Å². The number of para-hydroxylation sites is 1. The first-order valence-corrected chi connectivity index (χ1v) is 10.5. The molecule has 0 unspecified atom stereocenters.